The van der Waals surface area contributed by atoms with Gasteiger partial charge >= 0.3 is 11.9 Å². The molecule has 0 spiro atoms. The highest BCUT2D eigenvalue weighted by atomic mass is 79.9. The Bertz CT molecular complexity index is 668. The van der Waals surface area contributed by atoms with Gasteiger partial charge in [-0.15, -0.1) is 0 Å². The van der Waals surface area contributed by atoms with Crippen molar-refractivity contribution in [1.82, 2.24) is 4.98 Å². The van der Waals surface area contributed by atoms with E-state index in [1.54, 1.807) is 0 Å². The molecular formula is C11H5BrClF3N2O2. The van der Waals surface area contributed by atoms with E-state index in [-0.39, 0.29) is 15.9 Å². The van der Waals surface area contributed by atoms with E-state index in [0.29, 0.717) is 5.02 Å². The summed E-state index contributed by atoms with van der Waals surface area (Å²) in [6, 6.07) is 5.49. The summed E-state index contributed by atoms with van der Waals surface area (Å²) < 4.78 is 38.9. The Morgan fingerprint density at radius 2 is 1.80 bits per heavy atom. The minimum atomic E-state index is -4.86. The standard InChI is InChI=1S/C11H5BrClF3N2O2/c12-10-9(18(19)20)7(11(14,15)16)8(17-10)5-1-3-6(13)4-2-5/h1-4,17H. The Morgan fingerprint density at radius 3 is 2.25 bits per heavy atom. The van der Waals surface area contributed by atoms with Crippen LogP contribution in [0.3, 0.4) is 0 Å². The Labute approximate surface area is 123 Å². The van der Waals surface area contributed by atoms with E-state index in [2.05, 4.69) is 20.9 Å². The Morgan fingerprint density at radius 1 is 1.25 bits per heavy atom. The number of aromatic amines is 1. The molecule has 106 valence electrons. The number of aromatic nitrogens is 1. The van der Waals surface area contributed by atoms with Crippen molar-refractivity contribution in [3.8, 4) is 11.3 Å². The predicted octanol–water partition coefficient (Wildman–Crippen LogP) is 5.02. The monoisotopic (exact) mass is 368 g/mol. The normalized spacial score (nSPS) is 11.7. The van der Waals surface area contributed by atoms with Gasteiger partial charge in [-0.2, -0.15) is 13.2 Å². The molecule has 0 radical (unpaired) electrons. The summed E-state index contributed by atoms with van der Waals surface area (Å²) in [6.07, 6.45) is -4.86. The van der Waals surface area contributed by atoms with Crippen molar-refractivity contribution in [2.45, 2.75) is 6.18 Å². The molecule has 0 fully saturated rings. The van der Waals surface area contributed by atoms with Crippen LogP contribution in [0.5, 0.6) is 0 Å². The first-order valence-corrected chi connectivity index (χ1v) is 6.28. The lowest BCUT2D eigenvalue weighted by Gasteiger charge is -2.07. The smallest absolute Gasteiger partial charge is 0.343 e. The minimum absolute atomic E-state index is 0.149. The number of nitrogens with one attached hydrogen (secondary N) is 1. The van der Waals surface area contributed by atoms with Crippen molar-refractivity contribution in [1.29, 1.82) is 0 Å². The van der Waals surface area contributed by atoms with Crippen LogP contribution in [0.15, 0.2) is 28.9 Å². The zero-order chi connectivity index (χ0) is 15.1. The summed E-state index contributed by atoms with van der Waals surface area (Å²) >= 11 is 8.42. The maximum atomic E-state index is 13.1. The summed E-state index contributed by atoms with van der Waals surface area (Å²) in [5.41, 5.74) is -2.59. The minimum Gasteiger partial charge on any atom is -0.343 e. The molecule has 0 amide bonds. The van der Waals surface area contributed by atoms with Gasteiger partial charge < -0.3 is 4.98 Å². The van der Waals surface area contributed by atoms with Crippen molar-refractivity contribution in [3.05, 3.63) is 49.6 Å². The summed E-state index contributed by atoms with van der Waals surface area (Å²) in [5, 5.41) is 11.2. The molecule has 2 rings (SSSR count). The third-order valence-electron chi connectivity index (χ3n) is 2.53. The molecule has 2 aromatic rings. The number of rotatable bonds is 2. The summed E-state index contributed by atoms with van der Waals surface area (Å²) in [5.74, 6) is 0. The highest BCUT2D eigenvalue weighted by Gasteiger charge is 2.44. The van der Waals surface area contributed by atoms with Crippen LogP contribution in [0.1, 0.15) is 5.56 Å². The van der Waals surface area contributed by atoms with E-state index in [1.807, 2.05) is 0 Å². The Hall–Kier alpha value is -1.54. The van der Waals surface area contributed by atoms with Crippen molar-refractivity contribution in [2.24, 2.45) is 0 Å². The molecule has 1 aromatic carbocycles. The van der Waals surface area contributed by atoms with Gasteiger partial charge in [-0.25, -0.2) is 0 Å². The lowest BCUT2D eigenvalue weighted by Crippen LogP contribution is -2.08. The molecule has 9 heteroatoms. The van der Waals surface area contributed by atoms with E-state index in [0.717, 1.165) is 0 Å². The molecule has 1 heterocycles. The van der Waals surface area contributed by atoms with Gasteiger partial charge in [0.05, 0.1) is 10.6 Å². The van der Waals surface area contributed by atoms with E-state index in [9.17, 15) is 23.3 Å². The van der Waals surface area contributed by atoms with Gasteiger partial charge in [-0.3, -0.25) is 10.1 Å². The summed E-state index contributed by atoms with van der Waals surface area (Å²) in [6.45, 7) is 0. The highest BCUT2D eigenvalue weighted by molar-refractivity contribution is 9.10. The van der Waals surface area contributed by atoms with Crippen molar-refractivity contribution < 1.29 is 18.1 Å². The van der Waals surface area contributed by atoms with Crippen LogP contribution in [-0.2, 0) is 6.18 Å². The van der Waals surface area contributed by atoms with E-state index in [1.165, 1.54) is 24.3 Å². The SMILES string of the molecule is O=[N+]([O-])c1c(Br)[nH]c(-c2ccc(Cl)cc2)c1C(F)(F)F. The third kappa shape index (κ3) is 2.66. The molecule has 0 unspecified atom stereocenters. The second-order valence-corrected chi connectivity index (χ2v) is 5.03. The maximum absolute atomic E-state index is 13.1. The summed E-state index contributed by atoms with van der Waals surface area (Å²) in [4.78, 5) is 12.1. The van der Waals surface area contributed by atoms with E-state index >= 15 is 0 Å². The fourth-order valence-electron chi connectivity index (χ4n) is 1.74. The van der Waals surface area contributed by atoms with Gasteiger partial charge in [0.15, 0.2) is 10.2 Å². The number of nitrogens with zero attached hydrogens (tertiary/aromatic N) is 1. The van der Waals surface area contributed by atoms with Crippen molar-refractivity contribution >= 4 is 33.2 Å². The second kappa shape index (κ2) is 5.10. The third-order valence-corrected chi connectivity index (χ3v) is 3.35. The van der Waals surface area contributed by atoms with Crippen molar-refractivity contribution in [3.63, 3.8) is 0 Å². The van der Waals surface area contributed by atoms with Gasteiger partial charge in [0.25, 0.3) is 0 Å². The fourth-order valence-corrected chi connectivity index (χ4v) is 2.41. The number of halogens is 5. The molecule has 0 aliphatic rings. The van der Waals surface area contributed by atoms with Crippen LogP contribution in [0.4, 0.5) is 18.9 Å². The molecule has 0 aliphatic carbocycles. The largest absolute Gasteiger partial charge is 0.425 e. The average Bonchev–Trinajstić information content (AvgIpc) is 2.67. The van der Waals surface area contributed by atoms with Crippen LogP contribution in [-0.4, -0.2) is 9.91 Å². The first-order chi connectivity index (χ1) is 9.21. The molecule has 1 N–H and O–H groups in total. The highest BCUT2D eigenvalue weighted by Crippen LogP contribution is 2.46. The Balaban J connectivity index is 2.74. The van der Waals surface area contributed by atoms with Crippen LogP contribution < -0.4 is 0 Å². The van der Waals surface area contributed by atoms with Crippen LogP contribution >= 0.6 is 27.5 Å². The van der Waals surface area contributed by atoms with Gasteiger partial charge in [0.2, 0.25) is 0 Å². The first kappa shape index (κ1) is 14.9. The van der Waals surface area contributed by atoms with Crippen molar-refractivity contribution in [2.75, 3.05) is 0 Å². The zero-order valence-electron chi connectivity index (χ0n) is 9.46. The van der Waals surface area contributed by atoms with Crippen LogP contribution in [0.2, 0.25) is 5.02 Å². The molecule has 0 aliphatic heterocycles. The van der Waals surface area contributed by atoms with Gasteiger partial charge in [-0.1, -0.05) is 23.7 Å². The first-order valence-electron chi connectivity index (χ1n) is 5.11. The number of benzene rings is 1. The van der Waals surface area contributed by atoms with E-state index < -0.39 is 22.4 Å². The molecule has 0 saturated heterocycles. The van der Waals surface area contributed by atoms with Crippen LogP contribution in [0.25, 0.3) is 11.3 Å². The van der Waals surface area contributed by atoms with E-state index in [4.69, 9.17) is 11.6 Å². The van der Waals surface area contributed by atoms with Gasteiger partial charge in [0, 0.05) is 5.02 Å². The fraction of sp³-hybridized carbons (Fsp3) is 0.0909. The van der Waals surface area contributed by atoms with Gasteiger partial charge in [-0.05, 0) is 33.6 Å². The molecule has 0 saturated carbocycles. The summed E-state index contributed by atoms with van der Waals surface area (Å²) in [7, 11) is 0. The van der Waals surface area contributed by atoms with Gasteiger partial charge in [0.1, 0.15) is 0 Å². The quantitative estimate of drug-likeness (QED) is 0.596. The molecule has 20 heavy (non-hydrogen) atoms. The molecule has 0 atom stereocenters. The predicted molar refractivity (Wildman–Crippen MR) is 70.6 cm³/mol. The van der Waals surface area contributed by atoms with Crippen LogP contribution in [0, 0.1) is 10.1 Å². The number of hydrogen-bond acceptors (Lipinski definition) is 2. The Kier molecular flexibility index (Phi) is 3.79. The lowest BCUT2D eigenvalue weighted by atomic mass is 10.1. The number of H-pyrrole nitrogens is 1. The average molecular weight is 370 g/mol. The number of nitro groups is 1. The molecule has 4 nitrogen and oxygen atoms in total. The lowest BCUT2D eigenvalue weighted by molar-refractivity contribution is -0.388. The molecule has 0 bridgehead atoms. The number of alkyl halides is 3. The molecule has 1 aromatic heterocycles. The second-order valence-electron chi connectivity index (χ2n) is 3.80. The molecular weight excluding hydrogens is 364 g/mol. The number of hydrogen-bond donors (Lipinski definition) is 1. The zero-order valence-corrected chi connectivity index (χ0v) is 11.8. The topological polar surface area (TPSA) is 58.9 Å². The maximum Gasteiger partial charge on any atom is 0.425 e.